The molecule has 7 heteroatoms. The molecule has 2 aromatic carbocycles. The van der Waals surface area contributed by atoms with E-state index in [9.17, 15) is 9.59 Å². The molecule has 0 aliphatic rings. The van der Waals surface area contributed by atoms with Gasteiger partial charge < -0.3 is 14.8 Å². The fourth-order valence-electron chi connectivity index (χ4n) is 2.21. The molecule has 0 aliphatic heterocycles. The minimum Gasteiger partial charge on any atom is -0.497 e. The van der Waals surface area contributed by atoms with Gasteiger partial charge in [0.1, 0.15) is 17.6 Å². The number of rotatable bonds is 8. The molecule has 0 fully saturated rings. The van der Waals surface area contributed by atoms with Crippen LogP contribution in [0.5, 0.6) is 11.5 Å². The van der Waals surface area contributed by atoms with Gasteiger partial charge in [0.15, 0.2) is 0 Å². The second-order valence-electron chi connectivity index (χ2n) is 5.75. The second kappa shape index (κ2) is 9.98. The van der Waals surface area contributed by atoms with Crippen LogP contribution in [-0.4, -0.2) is 36.8 Å². The molecule has 2 aromatic rings. The molecule has 0 heterocycles. The lowest BCUT2D eigenvalue weighted by Crippen LogP contribution is -2.32. The Bertz CT molecular complexity index is 785. The van der Waals surface area contributed by atoms with Gasteiger partial charge in [-0.2, -0.15) is 0 Å². The van der Waals surface area contributed by atoms with Crippen molar-refractivity contribution in [2.24, 2.45) is 0 Å². The molecule has 0 aromatic heterocycles. The minimum atomic E-state index is -0.592. The second-order valence-corrected chi connectivity index (χ2v) is 5.75. The number of carbonyl (C=O) groups excluding carboxylic acids is 2. The van der Waals surface area contributed by atoms with E-state index < -0.39 is 5.91 Å². The highest BCUT2D eigenvalue weighted by Crippen LogP contribution is 2.14. The maximum Gasteiger partial charge on any atom is 0.274 e. The van der Waals surface area contributed by atoms with Crippen molar-refractivity contribution >= 4 is 17.9 Å². The first-order chi connectivity index (χ1) is 13.0. The van der Waals surface area contributed by atoms with E-state index in [1.165, 1.54) is 18.2 Å². The molecule has 3 N–H and O–H groups in total. The van der Waals surface area contributed by atoms with E-state index >= 15 is 0 Å². The monoisotopic (exact) mass is 370 g/mol. The average Bonchev–Trinajstić information content (AvgIpc) is 2.71. The zero-order valence-corrected chi connectivity index (χ0v) is 15.1. The van der Waals surface area contributed by atoms with Crippen molar-refractivity contribution in [2.75, 3.05) is 13.7 Å². The van der Waals surface area contributed by atoms with Gasteiger partial charge in [-0.05, 0) is 55.0 Å². The Hall–Kier alpha value is -3.32. The Morgan fingerprint density at radius 3 is 2.30 bits per heavy atom. The van der Waals surface area contributed by atoms with E-state index in [0.29, 0.717) is 17.9 Å². The average molecular weight is 370 g/mol. The predicted octanol–water partition coefficient (Wildman–Crippen LogP) is 2.41. The summed E-state index contributed by atoms with van der Waals surface area (Å²) in [4.78, 5) is 23.2. The molecule has 0 spiro atoms. The molecule has 1 unspecified atom stereocenters. The van der Waals surface area contributed by atoms with Crippen molar-refractivity contribution in [3.63, 3.8) is 0 Å². The van der Waals surface area contributed by atoms with Crippen molar-refractivity contribution in [3.05, 3.63) is 65.7 Å². The maximum atomic E-state index is 11.9. The molecule has 142 valence electrons. The van der Waals surface area contributed by atoms with E-state index in [4.69, 9.17) is 14.7 Å². The van der Waals surface area contributed by atoms with E-state index in [1.807, 2.05) is 31.2 Å². The van der Waals surface area contributed by atoms with Crippen LogP contribution in [0.3, 0.4) is 0 Å². The summed E-state index contributed by atoms with van der Waals surface area (Å²) < 4.78 is 10.8. The van der Waals surface area contributed by atoms with Crippen molar-refractivity contribution in [1.82, 2.24) is 10.8 Å². The smallest absolute Gasteiger partial charge is 0.274 e. The molecular formula is C20H22N2O5. The van der Waals surface area contributed by atoms with Crippen LogP contribution in [0, 0.1) is 0 Å². The quantitative estimate of drug-likeness (QED) is 0.377. The van der Waals surface area contributed by atoms with Crippen molar-refractivity contribution < 1.29 is 24.3 Å². The number of hydroxylamine groups is 1. The predicted molar refractivity (Wildman–Crippen MR) is 101 cm³/mol. The lowest BCUT2D eigenvalue weighted by molar-refractivity contribution is -0.116. The zero-order valence-electron chi connectivity index (χ0n) is 15.1. The topological polar surface area (TPSA) is 96.9 Å². The zero-order chi connectivity index (χ0) is 19.6. The summed E-state index contributed by atoms with van der Waals surface area (Å²) in [5.74, 6) is 0.495. The number of carbonyl (C=O) groups is 2. The number of benzene rings is 2. The van der Waals surface area contributed by atoms with Gasteiger partial charge in [0.05, 0.1) is 13.7 Å². The van der Waals surface area contributed by atoms with Crippen LogP contribution >= 0.6 is 0 Å². The third-order valence-corrected chi connectivity index (χ3v) is 3.66. The Balaban J connectivity index is 1.78. The van der Waals surface area contributed by atoms with Crippen LogP contribution in [0.1, 0.15) is 22.8 Å². The first-order valence-corrected chi connectivity index (χ1v) is 8.33. The summed E-state index contributed by atoms with van der Waals surface area (Å²) >= 11 is 0. The largest absolute Gasteiger partial charge is 0.497 e. The normalized spacial score (nSPS) is 11.7. The number of methoxy groups -OCH3 is 1. The van der Waals surface area contributed by atoms with Gasteiger partial charge in [-0.25, -0.2) is 5.48 Å². The Labute approximate surface area is 157 Å². The van der Waals surface area contributed by atoms with Crippen LogP contribution < -0.4 is 20.3 Å². The lowest BCUT2D eigenvalue weighted by atomic mass is 10.2. The van der Waals surface area contributed by atoms with Gasteiger partial charge in [0.25, 0.3) is 5.91 Å². The summed E-state index contributed by atoms with van der Waals surface area (Å²) in [7, 11) is 1.60. The van der Waals surface area contributed by atoms with Crippen molar-refractivity contribution in [2.45, 2.75) is 13.0 Å². The minimum absolute atomic E-state index is 0.226. The molecule has 0 saturated carbocycles. The van der Waals surface area contributed by atoms with Crippen LogP contribution in [0.2, 0.25) is 0 Å². The van der Waals surface area contributed by atoms with Crippen LogP contribution in [0.25, 0.3) is 6.08 Å². The highest BCUT2D eigenvalue weighted by molar-refractivity contribution is 5.93. The van der Waals surface area contributed by atoms with E-state index in [-0.39, 0.29) is 12.0 Å². The van der Waals surface area contributed by atoms with E-state index in [2.05, 4.69) is 5.32 Å². The highest BCUT2D eigenvalue weighted by Gasteiger charge is 2.07. The summed E-state index contributed by atoms with van der Waals surface area (Å²) in [5.41, 5.74) is 2.77. The molecule has 0 saturated heterocycles. The number of ether oxygens (including phenoxy) is 2. The van der Waals surface area contributed by atoms with Gasteiger partial charge in [-0.3, -0.25) is 14.8 Å². The molecule has 0 bridgehead atoms. The summed E-state index contributed by atoms with van der Waals surface area (Å²) in [6.45, 7) is 2.15. The highest BCUT2D eigenvalue weighted by atomic mass is 16.5. The molecule has 2 amide bonds. The van der Waals surface area contributed by atoms with Gasteiger partial charge in [-0.15, -0.1) is 0 Å². The molecule has 0 radical (unpaired) electrons. The van der Waals surface area contributed by atoms with Gasteiger partial charge in [0, 0.05) is 11.6 Å². The fraction of sp³-hybridized carbons (Fsp3) is 0.200. The fourth-order valence-corrected chi connectivity index (χ4v) is 2.21. The summed E-state index contributed by atoms with van der Waals surface area (Å²) in [6, 6.07) is 13.7. The molecule has 7 nitrogen and oxygen atoms in total. The molecule has 0 aliphatic carbocycles. The first-order valence-electron chi connectivity index (χ1n) is 8.33. The number of amides is 2. The standard InChI is InChI=1S/C20H22N2O5/c1-14(27-18-10-6-16(7-11-18)20(24)22-25)13-21-19(23)12-5-15-3-8-17(26-2)9-4-15/h3-12,14,25H,13H2,1-2H3,(H,21,23)(H,22,24)/b12-5+. The van der Waals surface area contributed by atoms with Gasteiger partial charge in [0.2, 0.25) is 5.91 Å². The Morgan fingerprint density at radius 1 is 1.07 bits per heavy atom. The Kier molecular flexibility index (Phi) is 7.39. The van der Waals surface area contributed by atoms with Gasteiger partial charge in [-0.1, -0.05) is 12.1 Å². The maximum absolute atomic E-state index is 11.9. The summed E-state index contributed by atoms with van der Waals surface area (Å²) in [5, 5.41) is 11.3. The third kappa shape index (κ3) is 6.48. The summed E-state index contributed by atoms with van der Waals surface area (Å²) in [6.07, 6.45) is 2.91. The van der Waals surface area contributed by atoms with Crippen molar-refractivity contribution in [1.29, 1.82) is 0 Å². The molecule has 2 rings (SSSR count). The number of hydrogen-bond donors (Lipinski definition) is 3. The van der Waals surface area contributed by atoms with E-state index in [1.54, 1.807) is 30.8 Å². The van der Waals surface area contributed by atoms with Crippen molar-refractivity contribution in [3.8, 4) is 11.5 Å². The molecule has 1 atom stereocenters. The number of nitrogens with one attached hydrogen (secondary N) is 2. The van der Waals surface area contributed by atoms with Crippen LogP contribution in [-0.2, 0) is 4.79 Å². The first kappa shape index (κ1) is 20.0. The number of hydrogen-bond acceptors (Lipinski definition) is 5. The Morgan fingerprint density at radius 2 is 1.70 bits per heavy atom. The van der Waals surface area contributed by atoms with E-state index in [0.717, 1.165) is 11.3 Å². The lowest BCUT2D eigenvalue weighted by Gasteiger charge is -2.15. The van der Waals surface area contributed by atoms with Crippen LogP contribution in [0.4, 0.5) is 0 Å². The third-order valence-electron chi connectivity index (χ3n) is 3.66. The van der Waals surface area contributed by atoms with Crippen LogP contribution in [0.15, 0.2) is 54.6 Å². The SMILES string of the molecule is COc1ccc(/C=C/C(=O)NCC(C)Oc2ccc(C(=O)NO)cc2)cc1. The molecule has 27 heavy (non-hydrogen) atoms. The molecular weight excluding hydrogens is 348 g/mol. The van der Waals surface area contributed by atoms with Gasteiger partial charge >= 0.3 is 0 Å².